The first-order chi connectivity index (χ1) is 9.15. The standard InChI is InChI=1S/C16H22N2O/c1-18(2)15-10-7-13(8-11-15)9-12-16(19)17-14-5-3-4-6-14/h7-12,14H,3-6H2,1-2H3,(H,17,19)/b12-9+. The summed E-state index contributed by atoms with van der Waals surface area (Å²) >= 11 is 0. The number of hydrogen-bond donors (Lipinski definition) is 1. The van der Waals surface area contributed by atoms with Gasteiger partial charge in [-0.25, -0.2) is 0 Å². The first-order valence-electron chi connectivity index (χ1n) is 6.91. The van der Waals surface area contributed by atoms with Crippen molar-refractivity contribution in [3.8, 4) is 0 Å². The Morgan fingerprint density at radius 2 is 1.84 bits per heavy atom. The normalized spacial score (nSPS) is 15.9. The topological polar surface area (TPSA) is 32.3 Å². The molecule has 0 spiro atoms. The number of carbonyl (C=O) groups excluding carboxylic acids is 1. The lowest BCUT2D eigenvalue weighted by Crippen LogP contribution is -2.30. The van der Waals surface area contributed by atoms with E-state index in [1.54, 1.807) is 6.08 Å². The highest BCUT2D eigenvalue weighted by Gasteiger charge is 2.15. The Hall–Kier alpha value is -1.77. The molecule has 1 aliphatic rings. The van der Waals surface area contributed by atoms with Crippen molar-refractivity contribution in [2.24, 2.45) is 0 Å². The molecule has 1 N–H and O–H groups in total. The van der Waals surface area contributed by atoms with Crippen LogP contribution in [-0.4, -0.2) is 26.0 Å². The molecule has 102 valence electrons. The summed E-state index contributed by atoms with van der Waals surface area (Å²) in [5.41, 5.74) is 2.21. The van der Waals surface area contributed by atoms with Gasteiger partial charge >= 0.3 is 0 Å². The zero-order valence-corrected chi connectivity index (χ0v) is 11.7. The SMILES string of the molecule is CN(C)c1ccc(/C=C/C(=O)NC2CCCC2)cc1. The molecule has 2 rings (SSSR count). The molecule has 19 heavy (non-hydrogen) atoms. The van der Waals surface area contributed by atoms with E-state index in [9.17, 15) is 4.79 Å². The van der Waals surface area contributed by atoms with Gasteiger partial charge in [0.25, 0.3) is 0 Å². The van der Waals surface area contributed by atoms with Crippen molar-refractivity contribution in [1.29, 1.82) is 0 Å². The molecule has 3 heteroatoms. The molecule has 1 aromatic carbocycles. The largest absolute Gasteiger partial charge is 0.378 e. The Morgan fingerprint density at radius 1 is 1.21 bits per heavy atom. The van der Waals surface area contributed by atoms with Crippen molar-refractivity contribution < 1.29 is 4.79 Å². The molecule has 0 atom stereocenters. The number of rotatable bonds is 4. The van der Waals surface area contributed by atoms with Crippen LogP contribution < -0.4 is 10.2 Å². The number of nitrogens with one attached hydrogen (secondary N) is 1. The minimum Gasteiger partial charge on any atom is -0.378 e. The van der Waals surface area contributed by atoms with Crippen molar-refractivity contribution >= 4 is 17.7 Å². The lowest BCUT2D eigenvalue weighted by atomic mass is 10.2. The minimum absolute atomic E-state index is 0.0172. The zero-order valence-electron chi connectivity index (χ0n) is 11.7. The predicted molar refractivity (Wildman–Crippen MR) is 80.2 cm³/mol. The zero-order chi connectivity index (χ0) is 13.7. The van der Waals surface area contributed by atoms with E-state index in [1.807, 2.05) is 32.3 Å². The van der Waals surface area contributed by atoms with Crippen molar-refractivity contribution in [1.82, 2.24) is 5.32 Å². The van der Waals surface area contributed by atoms with Crippen LogP contribution in [0.3, 0.4) is 0 Å². The molecule has 0 aromatic heterocycles. The van der Waals surface area contributed by atoms with Gasteiger partial charge in [0.1, 0.15) is 0 Å². The summed E-state index contributed by atoms with van der Waals surface area (Å²) in [6.07, 6.45) is 8.21. The molecule has 1 aromatic rings. The Kier molecular flexibility index (Phi) is 4.61. The minimum atomic E-state index is 0.0172. The van der Waals surface area contributed by atoms with E-state index in [4.69, 9.17) is 0 Å². The average Bonchev–Trinajstić information content (AvgIpc) is 2.89. The maximum absolute atomic E-state index is 11.7. The fourth-order valence-corrected chi connectivity index (χ4v) is 2.37. The molecular weight excluding hydrogens is 236 g/mol. The van der Waals surface area contributed by atoms with Crippen LogP contribution in [0.5, 0.6) is 0 Å². The second-order valence-corrected chi connectivity index (χ2v) is 5.31. The third kappa shape index (κ3) is 4.12. The second-order valence-electron chi connectivity index (χ2n) is 5.31. The van der Waals surface area contributed by atoms with E-state index in [0.717, 1.165) is 24.1 Å². The third-order valence-electron chi connectivity index (χ3n) is 3.54. The van der Waals surface area contributed by atoms with Gasteiger partial charge < -0.3 is 10.2 Å². The summed E-state index contributed by atoms with van der Waals surface area (Å²) in [6.45, 7) is 0. The second kappa shape index (κ2) is 6.41. The Morgan fingerprint density at radius 3 is 2.42 bits per heavy atom. The van der Waals surface area contributed by atoms with E-state index >= 15 is 0 Å². The molecule has 0 heterocycles. The van der Waals surface area contributed by atoms with Crippen LogP contribution in [0.2, 0.25) is 0 Å². The lowest BCUT2D eigenvalue weighted by Gasteiger charge is -2.12. The Balaban J connectivity index is 1.88. The van der Waals surface area contributed by atoms with Crippen LogP contribution >= 0.6 is 0 Å². The fraction of sp³-hybridized carbons (Fsp3) is 0.438. The van der Waals surface area contributed by atoms with E-state index in [-0.39, 0.29) is 5.91 Å². The number of carbonyl (C=O) groups is 1. The van der Waals surface area contributed by atoms with Crippen molar-refractivity contribution in [3.63, 3.8) is 0 Å². The first-order valence-corrected chi connectivity index (χ1v) is 6.91. The molecule has 0 bridgehead atoms. The summed E-state index contributed by atoms with van der Waals surface area (Å²) in [7, 11) is 4.03. The van der Waals surface area contributed by atoms with Gasteiger partial charge in [-0.1, -0.05) is 25.0 Å². The van der Waals surface area contributed by atoms with Crippen LogP contribution in [0.4, 0.5) is 5.69 Å². The molecule has 0 unspecified atom stereocenters. The van der Waals surface area contributed by atoms with E-state index in [2.05, 4.69) is 22.3 Å². The highest BCUT2D eigenvalue weighted by molar-refractivity contribution is 5.91. The van der Waals surface area contributed by atoms with Crippen molar-refractivity contribution in [2.75, 3.05) is 19.0 Å². The van der Waals surface area contributed by atoms with Gasteiger partial charge in [0.15, 0.2) is 0 Å². The van der Waals surface area contributed by atoms with Gasteiger partial charge in [0.05, 0.1) is 0 Å². The summed E-state index contributed by atoms with van der Waals surface area (Å²) in [4.78, 5) is 13.8. The first kappa shape index (κ1) is 13.7. The van der Waals surface area contributed by atoms with Crippen LogP contribution in [0.25, 0.3) is 6.08 Å². The van der Waals surface area contributed by atoms with Crippen molar-refractivity contribution in [3.05, 3.63) is 35.9 Å². The lowest BCUT2D eigenvalue weighted by molar-refractivity contribution is -0.117. The molecule has 0 aliphatic heterocycles. The molecule has 1 saturated carbocycles. The summed E-state index contributed by atoms with van der Waals surface area (Å²) in [5.74, 6) is 0.0172. The van der Waals surface area contributed by atoms with Crippen LogP contribution in [0.15, 0.2) is 30.3 Å². The summed E-state index contributed by atoms with van der Waals surface area (Å²) in [5, 5.41) is 3.04. The monoisotopic (exact) mass is 258 g/mol. The van der Waals surface area contributed by atoms with Gasteiger partial charge in [-0.2, -0.15) is 0 Å². The highest BCUT2D eigenvalue weighted by atomic mass is 16.1. The molecule has 3 nitrogen and oxygen atoms in total. The van der Waals surface area contributed by atoms with Gasteiger partial charge in [-0.15, -0.1) is 0 Å². The van der Waals surface area contributed by atoms with Crippen LogP contribution in [0.1, 0.15) is 31.2 Å². The van der Waals surface area contributed by atoms with Crippen molar-refractivity contribution in [2.45, 2.75) is 31.7 Å². The van der Waals surface area contributed by atoms with E-state index in [0.29, 0.717) is 6.04 Å². The molecule has 1 amide bonds. The number of nitrogens with zero attached hydrogens (tertiary/aromatic N) is 1. The Bertz CT molecular complexity index is 442. The van der Waals surface area contributed by atoms with Crippen LogP contribution in [-0.2, 0) is 4.79 Å². The molecular formula is C16H22N2O. The Labute approximate surface area is 115 Å². The fourth-order valence-electron chi connectivity index (χ4n) is 2.37. The van der Waals surface area contributed by atoms with Gasteiger partial charge in [0.2, 0.25) is 5.91 Å². The predicted octanol–water partition coefficient (Wildman–Crippen LogP) is 2.82. The molecule has 1 aliphatic carbocycles. The molecule has 0 saturated heterocycles. The van der Waals surface area contributed by atoms with Gasteiger partial charge in [-0.05, 0) is 36.6 Å². The van der Waals surface area contributed by atoms with Gasteiger partial charge in [-0.3, -0.25) is 4.79 Å². The van der Waals surface area contributed by atoms with Gasteiger partial charge in [0, 0.05) is 31.9 Å². The summed E-state index contributed by atoms with van der Waals surface area (Å²) < 4.78 is 0. The van der Waals surface area contributed by atoms with Crippen LogP contribution in [0, 0.1) is 0 Å². The quantitative estimate of drug-likeness (QED) is 0.842. The maximum Gasteiger partial charge on any atom is 0.244 e. The third-order valence-corrected chi connectivity index (χ3v) is 3.54. The number of hydrogen-bond acceptors (Lipinski definition) is 2. The van der Waals surface area contributed by atoms with E-state index in [1.165, 1.54) is 12.8 Å². The van der Waals surface area contributed by atoms with E-state index < -0.39 is 0 Å². The number of amides is 1. The summed E-state index contributed by atoms with van der Waals surface area (Å²) in [6, 6.07) is 8.53. The smallest absolute Gasteiger partial charge is 0.244 e. The number of anilines is 1. The highest BCUT2D eigenvalue weighted by Crippen LogP contribution is 2.17. The number of benzene rings is 1. The maximum atomic E-state index is 11.7. The average molecular weight is 258 g/mol. The molecule has 1 fully saturated rings. The molecule has 0 radical (unpaired) electrons.